The summed E-state index contributed by atoms with van der Waals surface area (Å²) < 4.78 is 11.2. The van der Waals surface area contributed by atoms with Crippen LogP contribution in [0.25, 0.3) is 0 Å². The fourth-order valence-corrected chi connectivity index (χ4v) is 3.18. The third-order valence-electron chi connectivity index (χ3n) is 3.60. The van der Waals surface area contributed by atoms with Crippen LogP contribution in [0.1, 0.15) is 18.7 Å². The monoisotopic (exact) mass is 385 g/mol. The van der Waals surface area contributed by atoms with E-state index in [-0.39, 0.29) is 6.10 Å². The van der Waals surface area contributed by atoms with Gasteiger partial charge >= 0.3 is 6.09 Å². The molecule has 1 amide bonds. The fraction of sp³-hybridized carbons (Fsp3) is 0.235. The normalized spacial score (nSPS) is 20.2. The molecule has 0 N–H and O–H groups in total. The molecule has 7 heteroatoms. The second kappa shape index (κ2) is 7.19. The Labute approximate surface area is 154 Å². The van der Waals surface area contributed by atoms with Gasteiger partial charge in [-0.3, -0.25) is 4.90 Å². The summed E-state index contributed by atoms with van der Waals surface area (Å²) in [5.41, 5.74) is 0.654. The molecule has 4 nitrogen and oxygen atoms in total. The smallest absolute Gasteiger partial charge is 0.409 e. The summed E-state index contributed by atoms with van der Waals surface area (Å²) in [4.78, 5) is 14.0. The molecule has 2 aromatic rings. The lowest BCUT2D eigenvalue weighted by Crippen LogP contribution is -2.34. The molecule has 126 valence electrons. The third-order valence-corrected chi connectivity index (χ3v) is 4.47. The van der Waals surface area contributed by atoms with Crippen molar-refractivity contribution in [1.82, 2.24) is 4.90 Å². The zero-order valence-electron chi connectivity index (χ0n) is 12.7. The summed E-state index contributed by atoms with van der Waals surface area (Å²) in [6, 6.07) is 11.8. The first kappa shape index (κ1) is 17.4. The van der Waals surface area contributed by atoms with Gasteiger partial charge in [-0.05, 0) is 31.2 Å². The molecular weight excluding hydrogens is 373 g/mol. The van der Waals surface area contributed by atoms with E-state index in [1.807, 2.05) is 6.92 Å². The lowest BCUT2D eigenvalue weighted by atomic mass is 10.2. The van der Waals surface area contributed by atoms with Gasteiger partial charge in [0.25, 0.3) is 0 Å². The molecule has 2 atom stereocenters. The van der Waals surface area contributed by atoms with Crippen LogP contribution in [0.5, 0.6) is 5.75 Å². The second-order valence-electron chi connectivity index (χ2n) is 5.42. The molecule has 1 heterocycles. The van der Waals surface area contributed by atoms with E-state index in [1.165, 1.54) is 4.90 Å². The quantitative estimate of drug-likeness (QED) is 0.677. The van der Waals surface area contributed by atoms with Gasteiger partial charge in [0.05, 0.1) is 17.7 Å². The van der Waals surface area contributed by atoms with Crippen LogP contribution in [0.4, 0.5) is 4.79 Å². The molecule has 0 aliphatic carbocycles. The highest BCUT2D eigenvalue weighted by Gasteiger charge is 2.37. The Morgan fingerprint density at radius 3 is 2.62 bits per heavy atom. The van der Waals surface area contributed by atoms with Crippen LogP contribution in [0.3, 0.4) is 0 Å². The van der Waals surface area contributed by atoms with Gasteiger partial charge < -0.3 is 9.47 Å². The Bertz CT molecular complexity index is 768. The summed E-state index contributed by atoms with van der Waals surface area (Å²) in [7, 11) is 0. The highest BCUT2D eigenvalue weighted by Crippen LogP contribution is 2.36. The molecule has 1 aliphatic rings. The van der Waals surface area contributed by atoms with E-state index in [1.54, 1.807) is 42.5 Å². The predicted octanol–water partition coefficient (Wildman–Crippen LogP) is 5.57. The number of para-hydroxylation sites is 1. The van der Waals surface area contributed by atoms with E-state index in [0.717, 1.165) is 0 Å². The predicted molar refractivity (Wildman–Crippen MR) is 93.9 cm³/mol. The summed E-state index contributed by atoms with van der Waals surface area (Å²) in [5, 5.41) is 1.30. The Morgan fingerprint density at radius 1 is 1.17 bits per heavy atom. The number of nitrogens with zero attached hydrogens (tertiary/aromatic N) is 1. The Kier molecular flexibility index (Phi) is 5.21. The van der Waals surface area contributed by atoms with E-state index in [4.69, 9.17) is 44.3 Å². The van der Waals surface area contributed by atoms with Crippen molar-refractivity contribution < 1.29 is 14.3 Å². The van der Waals surface area contributed by atoms with Crippen LogP contribution in [0, 0.1) is 0 Å². The average molecular weight is 387 g/mol. The minimum Gasteiger partial charge on any atom is -0.409 e. The summed E-state index contributed by atoms with van der Waals surface area (Å²) in [5.74, 6) is 0.296. The topological polar surface area (TPSA) is 38.8 Å². The highest BCUT2D eigenvalue weighted by atomic mass is 35.5. The van der Waals surface area contributed by atoms with Crippen molar-refractivity contribution in [2.45, 2.75) is 19.3 Å². The van der Waals surface area contributed by atoms with E-state index in [0.29, 0.717) is 32.9 Å². The van der Waals surface area contributed by atoms with Crippen molar-refractivity contribution in [2.24, 2.45) is 0 Å². The fourth-order valence-electron chi connectivity index (χ4n) is 2.50. The first-order valence-corrected chi connectivity index (χ1v) is 8.42. The van der Waals surface area contributed by atoms with Crippen LogP contribution in [0.15, 0.2) is 42.5 Å². The van der Waals surface area contributed by atoms with Crippen LogP contribution >= 0.6 is 34.8 Å². The van der Waals surface area contributed by atoms with Gasteiger partial charge in [0.15, 0.2) is 12.0 Å². The third kappa shape index (κ3) is 3.62. The molecule has 0 radical (unpaired) electrons. The van der Waals surface area contributed by atoms with Gasteiger partial charge in [-0.15, -0.1) is 0 Å². The number of hydrogen-bond donors (Lipinski definition) is 0. The summed E-state index contributed by atoms with van der Waals surface area (Å²) in [6.07, 6.45) is -1.34. The molecular formula is C17H14Cl3NO3. The van der Waals surface area contributed by atoms with Crippen molar-refractivity contribution in [1.29, 1.82) is 0 Å². The molecule has 2 aromatic carbocycles. The van der Waals surface area contributed by atoms with Crippen molar-refractivity contribution >= 4 is 40.9 Å². The summed E-state index contributed by atoms with van der Waals surface area (Å²) >= 11 is 18.2. The Balaban J connectivity index is 1.85. The molecule has 1 aliphatic heterocycles. The van der Waals surface area contributed by atoms with Gasteiger partial charge in [0.1, 0.15) is 0 Å². The number of carbonyl (C=O) groups excluding carboxylic acids is 1. The largest absolute Gasteiger partial charge is 0.417 e. The molecule has 0 bridgehead atoms. The maximum Gasteiger partial charge on any atom is 0.417 e. The maximum atomic E-state index is 12.6. The molecule has 0 aromatic heterocycles. The van der Waals surface area contributed by atoms with Gasteiger partial charge in [-0.25, -0.2) is 4.79 Å². The number of hydrogen-bond acceptors (Lipinski definition) is 3. The van der Waals surface area contributed by atoms with Crippen molar-refractivity contribution in [3.05, 3.63) is 63.1 Å². The van der Waals surface area contributed by atoms with E-state index in [2.05, 4.69) is 0 Å². The molecule has 3 rings (SSSR count). The molecule has 0 saturated carbocycles. The molecule has 1 fully saturated rings. The molecule has 24 heavy (non-hydrogen) atoms. The number of carbonyl (C=O) groups is 1. The number of rotatable bonds is 2. The van der Waals surface area contributed by atoms with E-state index in [9.17, 15) is 4.79 Å². The highest BCUT2D eigenvalue weighted by molar-refractivity contribution is 6.35. The standard InChI is InChI=1S/C17H14Cl3NO3/c1-10-9-21(17(22)24-15-5-3-2-4-13(15)19)16(23-10)12-7-6-11(18)8-14(12)20/h2-8,10,16H,9H2,1H3. The van der Waals surface area contributed by atoms with Gasteiger partial charge in [-0.2, -0.15) is 0 Å². The molecule has 1 saturated heterocycles. The minimum atomic E-state index is -0.639. The number of benzene rings is 2. The van der Waals surface area contributed by atoms with E-state index < -0.39 is 12.3 Å². The first-order chi connectivity index (χ1) is 11.5. The second-order valence-corrected chi connectivity index (χ2v) is 6.67. The van der Waals surface area contributed by atoms with Crippen molar-refractivity contribution in [2.75, 3.05) is 6.54 Å². The van der Waals surface area contributed by atoms with Crippen molar-refractivity contribution in [3.8, 4) is 5.75 Å². The molecule has 0 spiro atoms. The van der Waals surface area contributed by atoms with Crippen LogP contribution in [-0.2, 0) is 4.74 Å². The Morgan fingerprint density at radius 2 is 1.92 bits per heavy atom. The molecule has 2 unspecified atom stereocenters. The first-order valence-electron chi connectivity index (χ1n) is 7.29. The van der Waals surface area contributed by atoms with Crippen LogP contribution in [0.2, 0.25) is 15.1 Å². The van der Waals surface area contributed by atoms with Gasteiger partial charge in [0.2, 0.25) is 0 Å². The number of halogens is 3. The zero-order chi connectivity index (χ0) is 17.3. The number of ether oxygens (including phenoxy) is 2. The van der Waals surface area contributed by atoms with Crippen molar-refractivity contribution in [3.63, 3.8) is 0 Å². The van der Waals surface area contributed by atoms with Gasteiger partial charge in [-0.1, -0.05) is 53.0 Å². The Hall–Kier alpha value is -1.46. The zero-order valence-corrected chi connectivity index (χ0v) is 15.0. The van der Waals surface area contributed by atoms with Crippen LogP contribution < -0.4 is 4.74 Å². The lowest BCUT2D eigenvalue weighted by Gasteiger charge is -2.23. The average Bonchev–Trinajstić information content (AvgIpc) is 2.91. The van der Waals surface area contributed by atoms with Gasteiger partial charge in [0, 0.05) is 15.6 Å². The minimum absolute atomic E-state index is 0.152. The summed E-state index contributed by atoms with van der Waals surface area (Å²) in [6.45, 7) is 2.26. The lowest BCUT2D eigenvalue weighted by molar-refractivity contribution is 0.0105. The van der Waals surface area contributed by atoms with Crippen LogP contribution in [-0.4, -0.2) is 23.6 Å². The SMILES string of the molecule is CC1CN(C(=O)Oc2ccccc2Cl)C(c2ccc(Cl)cc2Cl)O1. The van der Waals surface area contributed by atoms with E-state index >= 15 is 0 Å². The maximum absolute atomic E-state index is 12.6. The number of amides is 1.